The summed E-state index contributed by atoms with van der Waals surface area (Å²) in [5.41, 5.74) is 7.29. The summed E-state index contributed by atoms with van der Waals surface area (Å²) in [6, 6.07) is 8.38. The molecule has 3 N–H and O–H groups in total. The summed E-state index contributed by atoms with van der Waals surface area (Å²) in [6.45, 7) is 1.87. The first-order chi connectivity index (χ1) is 9.92. The number of aryl methyl sites for hydroxylation is 1. The van der Waals surface area contributed by atoms with Crippen molar-refractivity contribution in [3.05, 3.63) is 69.7 Å². The highest BCUT2D eigenvalue weighted by Gasteiger charge is 2.25. The topological polar surface area (TPSA) is 46.2 Å². The zero-order chi connectivity index (χ0) is 15.6. The van der Waals surface area contributed by atoms with Gasteiger partial charge in [0.05, 0.1) is 6.10 Å². The molecule has 0 saturated heterocycles. The highest BCUT2D eigenvalue weighted by atomic mass is 35.5. The molecule has 2 atom stereocenters. The van der Waals surface area contributed by atoms with E-state index in [9.17, 15) is 13.9 Å². The van der Waals surface area contributed by atoms with Gasteiger partial charge in [0, 0.05) is 23.6 Å². The summed E-state index contributed by atoms with van der Waals surface area (Å²) in [5.74, 6) is -2.06. The molecular weight excluding hydrogens is 296 g/mol. The number of nitrogens with two attached hydrogens (primary N) is 1. The average molecular weight is 312 g/mol. The number of rotatable bonds is 4. The highest BCUT2D eigenvalue weighted by Crippen LogP contribution is 2.33. The SMILES string of the molecule is Cc1cc(Cl)cc(C(O)C(CN)c2ccc(F)cc2F)c1. The maximum absolute atomic E-state index is 13.9. The molecule has 0 aliphatic rings. The second-order valence-corrected chi connectivity index (χ2v) is 5.45. The molecule has 0 amide bonds. The molecule has 0 aliphatic carbocycles. The monoisotopic (exact) mass is 311 g/mol. The molecule has 112 valence electrons. The summed E-state index contributed by atoms with van der Waals surface area (Å²) >= 11 is 5.97. The smallest absolute Gasteiger partial charge is 0.129 e. The zero-order valence-electron chi connectivity index (χ0n) is 11.5. The zero-order valence-corrected chi connectivity index (χ0v) is 12.2. The standard InChI is InChI=1S/C16H16ClF2NO/c1-9-4-10(6-11(17)5-9)16(21)14(8-20)13-3-2-12(18)7-15(13)19/h2-7,14,16,21H,8,20H2,1H3. The molecule has 0 heterocycles. The molecule has 0 spiro atoms. The van der Waals surface area contributed by atoms with Crippen LogP contribution in [0.4, 0.5) is 8.78 Å². The molecule has 21 heavy (non-hydrogen) atoms. The number of hydrogen-bond acceptors (Lipinski definition) is 2. The lowest BCUT2D eigenvalue weighted by Crippen LogP contribution is -2.21. The minimum atomic E-state index is -1.02. The Morgan fingerprint density at radius 1 is 1.19 bits per heavy atom. The Morgan fingerprint density at radius 3 is 2.48 bits per heavy atom. The molecule has 0 bridgehead atoms. The normalized spacial score (nSPS) is 14.0. The van der Waals surface area contributed by atoms with Crippen molar-refractivity contribution in [3.8, 4) is 0 Å². The van der Waals surface area contributed by atoms with Crippen LogP contribution in [0.3, 0.4) is 0 Å². The van der Waals surface area contributed by atoms with Gasteiger partial charge in [0.1, 0.15) is 11.6 Å². The largest absolute Gasteiger partial charge is 0.388 e. The summed E-state index contributed by atoms with van der Waals surface area (Å²) in [6.07, 6.45) is -1.02. The van der Waals surface area contributed by atoms with Crippen LogP contribution in [0.1, 0.15) is 28.7 Å². The fourth-order valence-electron chi connectivity index (χ4n) is 2.40. The first-order valence-electron chi connectivity index (χ1n) is 6.52. The maximum atomic E-state index is 13.9. The van der Waals surface area contributed by atoms with Crippen molar-refractivity contribution in [2.75, 3.05) is 6.54 Å². The van der Waals surface area contributed by atoms with E-state index in [1.165, 1.54) is 6.07 Å². The second kappa shape index (κ2) is 6.52. The van der Waals surface area contributed by atoms with E-state index < -0.39 is 23.7 Å². The van der Waals surface area contributed by atoms with E-state index in [2.05, 4.69) is 0 Å². The lowest BCUT2D eigenvalue weighted by molar-refractivity contribution is 0.145. The lowest BCUT2D eigenvalue weighted by Gasteiger charge is -2.23. The van der Waals surface area contributed by atoms with Gasteiger partial charge in [0.15, 0.2) is 0 Å². The first-order valence-corrected chi connectivity index (χ1v) is 6.90. The van der Waals surface area contributed by atoms with E-state index >= 15 is 0 Å². The van der Waals surface area contributed by atoms with Crippen molar-refractivity contribution >= 4 is 11.6 Å². The van der Waals surface area contributed by atoms with Crippen LogP contribution in [0.15, 0.2) is 36.4 Å². The molecule has 5 heteroatoms. The van der Waals surface area contributed by atoms with Crippen LogP contribution in [-0.2, 0) is 0 Å². The van der Waals surface area contributed by atoms with Crippen molar-refractivity contribution in [1.82, 2.24) is 0 Å². The average Bonchev–Trinajstić information content (AvgIpc) is 2.40. The molecule has 2 aromatic rings. The van der Waals surface area contributed by atoms with E-state index in [1.807, 2.05) is 6.92 Å². The van der Waals surface area contributed by atoms with Gasteiger partial charge in [-0.25, -0.2) is 8.78 Å². The number of aliphatic hydroxyl groups excluding tert-OH is 1. The van der Waals surface area contributed by atoms with Crippen molar-refractivity contribution in [1.29, 1.82) is 0 Å². The van der Waals surface area contributed by atoms with Crippen LogP contribution in [0.5, 0.6) is 0 Å². The predicted octanol–water partition coefficient (Wildman–Crippen LogP) is 3.70. The van der Waals surface area contributed by atoms with Gasteiger partial charge >= 0.3 is 0 Å². The van der Waals surface area contributed by atoms with Crippen LogP contribution in [0.25, 0.3) is 0 Å². The van der Waals surface area contributed by atoms with E-state index in [1.54, 1.807) is 18.2 Å². The quantitative estimate of drug-likeness (QED) is 0.904. The molecule has 0 aromatic heterocycles. The maximum Gasteiger partial charge on any atom is 0.129 e. The highest BCUT2D eigenvalue weighted by molar-refractivity contribution is 6.30. The summed E-state index contributed by atoms with van der Waals surface area (Å²) in [5, 5.41) is 11.0. The third kappa shape index (κ3) is 3.59. The molecule has 0 radical (unpaired) electrons. The minimum absolute atomic E-state index is 0.0231. The van der Waals surface area contributed by atoms with E-state index in [-0.39, 0.29) is 12.1 Å². The summed E-state index contributed by atoms with van der Waals surface area (Å²) in [7, 11) is 0. The number of hydrogen-bond donors (Lipinski definition) is 2. The van der Waals surface area contributed by atoms with E-state index in [0.717, 1.165) is 17.7 Å². The van der Waals surface area contributed by atoms with Crippen LogP contribution in [0, 0.1) is 18.6 Å². The molecule has 0 saturated carbocycles. The second-order valence-electron chi connectivity index (χ2n) is 5.01. The molecule has 2 unspecified atom stereocenters. The molecule has 0 aliphatic heterocycles. The molecule has 2 rings (SSSR count). The van der Waals surface area contributed by atoms with Gasteiger partial charge in [-0.15, -0.1) is 0 Å². The summed E-state index contributed by atoms with van der Waals surface area (Å²) < 4.78 is 26.9. The Hall–Kier alpha value is -1.49. The predicted molar refractivity (Wildman–Crippen MR) is 79.3 cm³/mol. The van der Waals surface area contributed by atoms with Crippen molar-refractivity contribution in [2.45, 2.75) is 18.9 Å². The third-order valence-electron chi connectivity index (χ3n) is 3.40. The molecule has 0 fully saturated rings. The van der Waals surface area contributed by atoms with Gasteiger partial charge < -0.3 is 10.8 Å². The van der Waals surface area contributed by atoms with E-state index in [0.29, 0.717) is 10.6 Å². The summed E-state index contributed by atoms with van der Waals surface area (Å²) in [4.78, 5) is 0. The lowest BCUT2D eigenvalue weighted by atomic mass is 9.88. The van der Waals surface area contributed by atoms with Crippen molar-refractivity contribution in [2.24, 2.45) is 5.73 Å². The minimum Gasteiger partial charge on any atom is -0.388 e. The van der Waals surface area contributed by atoms with E-state index in [4.69, 9.17) is 17.3 Å². The van der Waals surface area contributed by atoms with Crippen LogP contribution >= 0.6 is 11.6 Å². The Balaban J connectivity index is 2.40. The van der Waals surface area contributed by atoms with Crippen LogP contribution in [-0.4, -0.2) is 11.7 Å². The molecular formula is C16H16ClF2NO. The van der Waals surface area contributed by atoms with Crippen molar-refractivity contribution < 1.29 is 13.9 Å². The van der Waals surface area contributed by atoms with Gasteiger partial charge in [-0.1, -0.05) is 23.7 Å². The third-order valence-corrected chi connectivity index (χ3v) is 3.62. The number of halogens is 3. The number of aliphatic hydroxyl groups is 1. The first kappa shape index (κ1) is 15.9. The van der Waals surface area contributed by atoms with Crippen LogP contribution in [0.2, 0.25) is 5.02 Å². The van der Waals surface area contributed by atoms with Crippen LogP contribution < -0.4 is 5.73 Å². The Kier molecular flexibility index (Phi) is 4.93. The van der Waals surface area contributed by atoms with Gasteiger partial charge in [0.2, 0.25) is 0 Å². The van der Waals surface area contributed by atoms with Gasteiger partial charge in [0.25, 0.3) is 0 Å². The van der Waals surface area contributed by atoms with Gasteiger partial charge in [-0.05, 0) is 41.8 Å². The Bertz CT molecular complexity index is 628. The van der Waals surface area contributed by atoms with Crippen molar-refractivity contribution in [3.63, 3.8) is 0 Å². The number of benzene rings is 2. The van der Waals surface area contributed by atoms with Gasteiger partial charge in [-0.2, -0.15) is 0 Å². The fraction of sp³-hybridized carbons (Fsp3) is 0.250. The molecule has 2 aromatic carbocycles. The Morgan fingerprint density at radius 2 is 1.90 bits per heavy atom. The fourth-order valence-corrected chi connectivity index (χ4v) is 2.69. The van der Waals surface area contributed by atoms with Gasteiger partial charge in [-0.3, -0.25) is 0 Å². The molecule has 2 nitrogen and oxygen atoms in total. The Labute approximate surface area is 127 Å².